The van der Waals surface area contributed by atoms with Crippen LogP contribution in [0.2, 0.25) is 0 Å². The lowest BCUT2D eigenvalue weighted by Gasteiger charge is -2.11. The van der Waals surface area contributed by atoms with E-state index in [4.69, 9.17) is 21.7 Å². The molecular formula is C19H20FN3O2S. The third-order valence-corrected chi connectivity index (χ3v) is 3.55. The summed E-state index contributed by atoms with van der Waals surface area (Å²) in [5.74, 6) is 0.740. The van der Waals surface area contributed by atoms with Crippen LogP contribution in [0.15, 0.2) is 60.2 Å². The number of ether oxygens (including phenoxy) is 2. The summed E-state index contributed by atoms with van der Waals surface area (Å²) in [4.78, 5) is 0. The van der Waals surface area contributed by atoms with Gasteiger partial charge in [0.25, 0.3) is 0 Å². The number of nitrogens with one attached hydrogen (secondary N) is 2. The van der Waals surface area contributed by atoms with Gasteiger partial charge in [0.15, 0.2) is 16.6 Å². The maximum absolute atomic E-state index is 13.7. The van der Waals surface area contributed by atoms with Gasteiger partial charge in [-0.2, -0.15) is 5.10 Å². The van der Waals surface area contributed by atoms with Crippen LogP contribution in [0.3, 0.4) is 0 Å². The van der Waals surface area contributed by atoms with Crippen LogP contribution >= 0.6 is 12.2 Å². The first kappa shape index (κ1) is 19.4. The Kier molecular flexibility index (Phi) is 7.57. The lowest BCUT2D eigenvalue weighted by Crippen LogP contribution is -2.31. The van der Waals surface area contributed by atoms with Gasteiger partial charge in [0, 0.05) is 12.1 Å². The molecule has 0 saturated heterocycles. The smallest absolute Gasteiger partial charge is 0.187 e. The van der Waals surface area contributed by atoms with Crippen LogP contribution in [0, 0.1) is 5.82 Å². The van der Waals surface area contributed by atoms with Crippen LogP contribution < -0.4 is 20.2 Å². The number of methoxy groups -OCH3 is 1. The zero-order valence-electron chi connectivity index (χ0n) is 14.4. The first-order valence-electron chi connectivity index (χ1n) is 7.86. The van der Waals surface area contributed by atoms with E-state index in [-0.39, 0.29) is 12.4 Å². The highest BCUT2D eigenvalue weighted by molar-refractivity contribution is 7.80. The lowest BCUT2D eigenvalue weighted by atomic mass is 10.2. The Hall–Kier alpha value is -2.93. The minimum Gasteiger partial charge on any atom is -0.493 e. The Morgan fingerprint density at radius 2 is 2.08 bits per heavy atom. The monoisotopic (exact) mass is 373 g/mol. The van der Waals surface area contributed by atoms with Crippen LogP contribution in [-0.4, -0.2) is 25.0 Å². The van der Waals surface area contributed by atoms with Gasteiger partial charge >= 0.3 is 0 Å². The standard InChI is InChI=1S/C19H20FN3O2S/c1-3-10-21-19(26)23-22-12-14-8-9-17(18(11-14)24-2)25-13-15-6-4-5-7-16(15)20/h3-9,11-12H,1,10,13H2,2H3,(H2,21,23,26)/b22-12-. The highest BCUT2D eigenvalue weighted by atomic mass is 32.1. The minimum absolute atomic E-state index is 0.112. The molecule has 26 heavy (non-hydrogen) atoms. The number of rotatable bonds is 8. The van der Waals surface area contributed by atoms with E-state index in [1.807, 2.05) is 6.07 Å². The predicted octanol–water partition coefficient (Wildman–Crippen LogP) is 3.40. The number of halogens is 1. The first-order valence-corrected chi connectivity index (χ1v) is 8.27. The summed E-state index contributed by atoms with van der Waals surface area (Å²) >= 11 is 5.04. The van der Waals surface area contributed by atoms with Crippen molar-refractivity contribution in [1.82, 2.24) is 10.7 Å². The number of hydrogen-bond donors (Lipinski definition) is 2. The number of thiocarbonyl (C=S) groups is 1. The molecule has 0 bridgehead atoms. The molecule has 136 valence electrons. The number of nitrogens with zero attached hydrogens (tertiary/aromatic N) is 1. The second-order valence-electron chi connectivity index (χ2n) is 5.16. The molecule has 2 aromatic carbocycles. The predicted molar refractivity (Wildman–Crippen MR) is 105 cm³/mol. The normalized spacial score (nSPS) is 10.4. The van der Waals surface area contributed by atoms with Crippen molar-refractivity contribution in [2.24, 2.45) is 5.10 Å². The van der Waals surface area contributed by atoms with Gasteiger partial charge in [-0.3, -0.25) is 5.43 Å². The zero-order chi connectivity index (χ0) is 18.8. The van der Waals surface area contributed by atoms with E-state index in [1.165, 1.54) is 6.07 Å². The van der Waals surface area contributed by atoms with Crippen LogP contribution in [0.5, 0.6) is 11.5 Å². The summed E-state index contributed by atoms with van der Waals surface area (Å²) in [7, 11) is 1.54. The fraction of sp³-hybridized carbons (Fsp3) is 0.158. The number of hydrazone groups is 1. The number of hydrogen-bond acceptors (Lipinski definition) is 4. The Labute approximate surface area is 157 Å². The maximum atomic E-state index is 13.7. The van der Waals surface area contributed by atoms with Crippen LogP contribution in [0.4, 0.5) is 4.39 Å². The lowest BCUT2D eigenvalue weighted by molar-refractivity contribution is 0.279. The van der Waals surface area contributed by atoms with E-state index in [9.17, 15) is 4.39 Å². The van der Waals surface area contributed by atoms with Crippen molar-refractivity contribution in [1.29, 1.82) is 0 Å². The maximum Gasteiger partial charge on any atom is 0.187 e. The second-order valence-corrected chi connectivity index (χ2v) is 5.57. The topological polar surface area (TPSA) is 54.9 Å². The summed E-state index contributed by atoms with van der Waals surface area (Å²) in [5.41, 5.74) is 3.97. The fourth-order valence-corrected chi connectivity index (χ4v) is 2.16. The molecule has 0 aromatic heterocycles. The van der Waals surface area contributed by atoms with Crippen molar-refractivity contribution in [3.05, 3.63) is 72.1 Å². The van der Waals surface area contributed by atoms with Gasteiger partial charge in [-0.25, -0.2) is 4.39 Å². The highest BCUT2D eigenvalue weighted by Crippen LogP contribution is 2.28. The van der Waals surface area contributed by atoms with Crippen LogP contribution in [0.1, 0.15) is 11.1 Å². The van der Waals surface area contributed by atoms with Gasteiger partial charge in [0.05, 0.1) is 13.3 Å². The zero-order valence-corrected chi connectivity index (χ0v) is 15.2. The summed E-state index contributed by atoms with van der Waals surface area (Å²) < 4.78 is 24.7. The number of benzene rings is 2. The molecule has 0 aliphatic heterocycles. The van der Waals surface area contributed by atoms with Gasteiger partial charge < -0.3 is 14.8 Å². The van der Waals surface area contributed by atoms with Crippen molar-refractivity contribution in [3.8, 4) is 11.5 Å². The van der Waals surface area contributed by atoms with Crippen molar-refractivity contribution in [2.75, 3.05) is 13.7 Å². The highest BCUT2D eigenvalue weighted by Gasteiger charge is 2.07. The SMILES string of the molecule is C=CCNC(=S)N/N=C\c1ccc(OCc2ccccc2F)c(OC)c1. The molecule has 7 heteroatoms. The third kappa shape index (κ3) is 5.86. The molecule has 2 N–H and O–H groups in total. The molecule has 0 spiro atoms. The van der Waals surface area contributed by atoms with Crippen LogP contribution in [0.25, 0.3) is 0 Å². The van der Waals surface area contributed by atoms with Crippen molar-refractivity contribution in [3.63, 3.8) is 0 Å². The quantitative estimate of drug-likeness (QED) is 0.321. The molecular weight excluding hydrogens is 353 g/mol. The minimum atomic E-state index is -0.303. The molecule has 0 atom stereocenters. The van der Waals surface area contributed by atoms with E-state index >= 15 is 0 Å². The van der Waals surface area contributed by atoms with Gasteiger partial charge in [0.2, 0.25) is 0 Å². The van der Waals surface area contributed by atoms with Crippen LogP contribution in [-0.2, 0) is 6.61 Å². The first-order chi connectivity index (χ1) is 12.6. The van der Waals surface area contributed by atoms with E-state index < -0.39 is 0 Å². The molecule has 0 unspecified atom stereocenters. The molecule has 0 radical (unpaired) electrons. The van der Waals surface area contributed by atoms with Gasteiger partial charge in [-0.05, 0) is 42.0 Å². The molecule has 5 nitrogen and oxygen atoms in total. The van der Waals surface area contributed by atoms with Gasteiger partial charge in [0.1, 0.15) is 12.4 Å². The van der Waals surface area contributed by atoms with E-state index in [2.05, 4.69) is 22.4 Å². The fourth-order valence-electron chi connectivity index (χ4n) is 2.02. The average Bonchev–Trinajstić information content (AvgIpc) is 2.66. The van der Waals surface area contributed by atoms with Crippen molar-refractivity contribution < 1.29 is 13.9 Å². The molecule has 0 aliphatic carbocycles. The van der Waals surface area contributed by atoms with E-state index in [1.54, 1.807) is 49.7 Å². The third-order valence-electron chi connectivity index (χ3n) is 3.32. The van der Waals surface area contributed by atoms with E-state index in [0.29, 0.717) is 28.7 Å². The van der Waals surface area contributed by atoms with Gasteiger partial charge in [-0.1, -0.05) is 24.3 Å². The molecule has 0 saturated carbocycles. The molecule has 2 rings (SSSR count). The molecule has 0 aliphatic rings. The Morgan fingerprint density at radius 3 is 2.81 bits per heavy atom. The molecule has 0 heterocycles. The molecule has 0 fully saturated rings. The Balaban J connectivity index is 1.99. The Morgan fingerprint density at radius 1 is 1.27 bits per heavy atom. The Bertz CT molecular complexity index is 796. The largest absolute Gasteiger partial charge is 0.493 e. The van der Waals surface area contributed by atoms with E-state index in [0.717, 1.165) is 5.56 Å². The summed E-state index contributed by atoms with van der Waals surface area (Å²) in [6, 6.07) is 11.8. The summed E-state index contributed by atoms with van der Waals surface area (Å²) in [6.45, 7) is 4.26. The summed E-state index contributed by atoms with van der Waals surface area (Å²) in [5, 5.41) is 7.35. The molecule has 2 aromatic rings. The van der Waals surface area contributed by atoms with Crippen molar-refractivity contribution in [2.45, 2.75) is 6.61 Å². The van der Waals surface area contributed by atoms with Crippen molar-refractivity contribution >= 4 is 23.5 Å². The molecule has 0 amide bonds. The van der Waals surface area contributed by atoms with Gasteiger partial charge in [-0.15, -0.1) is 6.58 Å². The summed E-state index contributed by atoms with van der Waals surface area (Å²) in [6.07, 6.45) is 3.30. The average molecular weight is 373 g/mol. The second kappa shape index (κ2) is 10.1.